The Morgan fingerprint density at radius 1 is 1.04 bits per heavy atom. The number of nitrogens with zero attached hydrogens (tertiary/aromatic N) is 2. The summed E-state index contributed by atoms with van der Waals surface area (Å²) in [5.74, 6) is 1.17. The van der Waals surface area contributed by atoms with Crippen LogP contribution in [-0.4, -0.2) is 68.1 Å². The van der Waals surface area contributed by atoms with E-state index >= 15 is 0 Å². The van der Waals surface area contributed by atoms with Crippen molar-refractivity contribution in [3.05, 3.63) is 23.8 Å². The number of hydrogen-bond acceptors (Lipinski definition) is 5. The zero-order valence-electron chi connectivity index (χ0n) is 15.6. The third-order valence-electron chi connectivity index (χ3n) is 4.33. The molecular weight excluding hydrogens is 358 g/mol. The average molecular weight is 386 g/mol. The molecule has 0 radical (unpaired) electrons. The first-order valence-corrected chi connectivity index (χ1v) is 8.50. The van der Waals surface area contributed by atoms with Gasteiger partial charge in [0.05, 0.1) is 14.2 Å². The van der Waals surface area contributed by atoms with Crippen LogP contribution in [0, 0.1) is 0 Å². The summed E-state index contributed by atoms with van der Waals surface area (Å²) in [6.45, 7) is 4.02. The van der Waals surface area contributed by atoms with Gasteiger partial charge in [-0.1, -0.05) is 0 Å². The summed E-state index contributed by atoms with van der Waals surface area (Å²) < 4.78 is 10.4. The Hall–Kier alpha value is -1.99. The molecule has 1 aliphatic rings. The molecule has 7 nitrogen and oxygen atoms in total. The maximum atomic E-state index is 12.7. The standard InChI is InChI=1S/C18H27N3O4.ClH/c1-13(19)4-5-17(22)20-6-8-21(9-7-20)18(23)14-10-15(24-2)12-16(11-14)25-3;/h10-13H,4-9,19H2,1-3H3;1H. The van der Waals surface area contributed by atoms with Crippen molar-refractivity contribution >= 4 is 24.2 Å². The number of benzene rings is 1. The molecule has 1 aliphatic heterocycles. The van der Waals surface area contributed by atoms with E-state index < -0.39 is 0 Å². The fourth-order valence-electron chi connectivity index (χ4n) is 2.78. The molecule has 146 valence electrons. The van der Waals surface area contributed by atoms with Crippen molar-refractivity contribution < 1.29 is 19.1 Å². The van der Waals surface area contributed by atoms with Gasteiger partial charge in [-0.2, -0.15) is 0 Å². The van der Waals surface area contributed by atoms with Gasteiger partial charge >= 0.3 is 0 Å². The quantitative estimate of drug-likeness (QED) is 0.802. The second kappa shape index (κ2) is 10.2. The minimum Gasteiger partial charge on any atom is -0.497 e. The van der Waals surface area contributed by atoms with Gasteiger partial charge < -0.3 is 25.0 Å². The molecule has 0 bridgehead atoms. The fraction of sp³-hybridized carbons (Fsp3) is 0.556. The molecule has 0 aromatic heterocycles. The molecule has 1 heterocycles. The van der Waals surface area contributed by atoms with Crippen molar-refractivity contribution in [1.29, 1.82) is 0 Å². The number of nitrogens with two attached hydrogens (primary N) is 1. The number of hydrogen-bond donors (Lipinski definition) is 1. The monoisotopic (exact) mass is 385 g/mol. The number of carbonyl (C=O) groups is 2. The lowest BCUT2D eigenvalue weighted by molar-refractivity contribution is -0.132. The Kier molecular flexibility index (Phi) is 8.68. The van der Waals surface area contributed by atoms with Crippen molar-refractivity contribution in [1.82, 2.24) is 9.80 Å². The van der Waals surface area contributed by atoms with Gasteiger partial charge in [0, 0.05) is 50.3 Å². The first-order chi connectivity index (χ1) is 11.9. The number of carbonyl (C=O) groups excluding carboxylic acids is 2. The summed E-state index contributed by atoms with van der Waals surface area (Å²) in [6, 6.07) is 5.15. The number of ether oxygens (including phenoxy) is 2. The molecule has 1 atom stereocenters. The van der Waals surface area contributed by atoms with Crippen LogP contribution >= 0.6 is 12.4 Å². The van der Waals surface area contributed by atoms with Gasteiger partial charge in [0.1, 0.15) is 11.5 Å². The van der Waals surface area contributed by atoms with Crippen LogP contribution < -0.4 is 15.2 Å². The molecule has 0 spiro atoms. The first-order valence-electron chi connectivity index (χ1n) is 8.50. The Morgan fingerprint density at radius 3 is 2.00 bits per heavy atom. The third kappa shape index (κ3) is 5.78. The van der Waals surface area contributed by atoms with E-state index in [0.717, 1.165) is 0 Å². The first kappa shape index (κ1) is 22.1. The van der Waals surface area contributed by atoms with E-state index in [-0.39, 0.29) is 30.3 Å². The number of piperazine rings is 1. The van der Waals surface area contributed by atoms with Gasteiger partial charge in [-0.15, -0.1) is 12.4 Å². The van der Waals surface area contributed by atoms with E-state index in [9.17, 15) is 9.59 Å². The minimum atomic E-state index is -0.0834. The van der Waals surface area contributed by atoms with E-state index in [4.69, 9.17) is 15.2 Å². The van der Waals surface area contributed by atoms with E-state index in [2.05, 4.69) is 0 Å². The van der Waals surface area contributed by atoms with Crippen molar-refractivity contribution in [2.24, 2.45) is 5.73 Å². The fourth-order valence-corrected chi connectivity index (χ4v) is 2.78. The molecule has 26 heavy (non-hydrogen) atoms. The maximum Gasteiger partial charge on any atom is 0.254 e. The molecule has 2 rings (SSSR count). The van der Waals surface area contributed by atoms with Crippen LogP contribution in [0.3, 0.4) is 0 Å². The number of methoxy groups -OCH3 is 2. The number of halogens is 1. The van der Waals surface area contributed by atoms with Crippen LogP contribution in [0.2, 0.25) is 0 Å². The Labute approximate surface area is 160 Å². The predicted molar refractivity (Wildman–Crippen MR) is 102 cm³/mol. The maximum absolute atomic E-state index is 12.7. The largest absolute Gasteiger partial charge is 0.497 e. The Morgan fingerprint density at radius 2 is 1.54 bits per heavy atom. The normalized spacial score (nSPS) is 15.1. The third-order valence-corrected chi connectivity index (χ3v) is 4.33. The van der Waals surface area contributed by atoms with Gasteiger partial charge in [0.2, 0.25) is 5.91 Å². The summed E-state index contributed by atoms with van der Waals surface area (Å²) in [5, 5.41) is 0. The zero-order valence-corrected chi connectivity index (χ0v) is 16.4. The SMILES string of the molecule is COc1cc(OC)cc(C(=O)N2CCN(C(=O)CCC(C)N)CC2)c1.Cl. The van der Waals surface area contributed by atoms with Gasteiger partial charge in [-0.25, -0.2) is 0 Å². The lowest BCUT2D eigenvalue weighted by Gasteiger charge is -2.35. The van der Waals surface area contributed by atoms with Crippen LogP contribution in [-0.2, 0) is 4.79 Å². The molecule has 1 aromatic rings. The molecular formula is C18H28ClN3O4. The predicted octanol–water partition coefficient (Wildman–Crippen LogP) is 1.54. The molecule has 2 amide bonds. The summed E-state index contributed by atoms with van der Waals surface area (Å²) in [4.78, 5) is 28.4. The molecule has 1 aromatic carbocycles. The molecule has 0 aliphatic carbocycles. The van der Waals surface area contributed by atoms with Crippen LogP contribution in [0.15, 0.2) is 18.2 Å². The van der Waals surface area contributed by atoms with Gasteiger partial charge in [-0.05, 0) is 25.5 Å². The Bertz CT molecular complexity index is 594. The van der Waals surface area contributed by atoms with Crippen LogP contribution in [0.25, 0.3) is 0 Å². The zero-order chi connectivity index (χ0) is 18.4. The highest BCUT2D eigenvalue weighted by molar-refractivity contribution is 5.95. The van der Waals surface area contributed by atoms with Gasteiger partial charge in [-0.3, -0.25) is 9.59 Å². The Balaban J connectivity index is 0.00000338. The summed E-state index contributed by atoms with van der Waals surface area (Å²) in [7, 11) is 3.10. The van der Waals surface area contributed by atoms with E-state index in [1.165, 1.54) is 0 Å². The molecule has 0 saturated carbocycles. The molecule has 2 N–H and O–H groups in total. The molecule has 1 fully saturated rings. The van der Waals surface area contributed by atoms with Gasteiger partial charge in [0.15, 0.2) is 0 Å². The van der Waals surface area contributed by atoms with Gasteiger partial charge in [0.25, 0.3) is 5.91 Å². The smallest absolute Gasteiger partial charge is 0.254 e. The summed E-state index contributed by atoms with van der Waals surface area (Å²) in [6.07, 6.45) is 1.14. The highest BCUT2D eigenvalue weighted by Gasteiger charge is 2.25. The van der Waals surface area contributed by atoms with E-state index in [1.54, 1.807) is 42.2 Å². The molecule has 1 unspecified atom stereocenters. The van der Waals surface area contributed by atoms with Crippen molar-refractivity contribution in [3.8, 4) is 11.5 Å². The number of rotatable bonds is 6. The highest BCUT2D eigenvalue weighted by atomic mass is 35.5. The van der Waals surface area contributed by atoms with Crippen LogP contribution in [0.5, 0.6) is 11.5 Å². The van der Waals surface area contributed by atoms with E-state index in [0.29, 0.717) is 56.1 Å². The second-order valence-corrected chi connectivity index (χ2v) is 6.29. The minimum absolute atomic E-state index is 0. The van der Waals surface area contributed by atoms with Crippen LogP contribution in [0.1, 0.15) is 30.1 Å². The van der Waals surface area contributed by atoms with Crippen molar-refractivity contribution in [2.75, 3.05) is 40.4 Å². The highest BCUT2D eigenvalue weighted by Crippen LogP contribution is 2.23. The lowest BCUT2D eigenvalue weighted by atomic mass is 10.1. The second-order valence-electron chi connectivity index (χ2n) is 6.29. The molecule has 1 saturated heterocycles. The van der Waals surface area contributed by atoms with Crippen molar-refractivity contribution in [2.45, 2.75) is 25.8 Å². The van der Waals surface area contributed by atoms with E-state index in [1.807, 2.05) is 6.92 Å². The average Bonchev–Trinajstić information content (AvgIpc) is 2.65. The topological polar surface area (TPSA) is 85.1 Å². The van der Waals surface area contributed by atoms with Crippen molar-refractivity contribution in [3.63, 3.8) is 0 Å². The van der Waals surface area contributed by atoms with Crippen LogP contribution in [0.4, 0.5) is 0 Å². The number of amides is 2. The summed E-state index contributed by atoms with van der Waals surface area (Å²) >= 11 is 0. The summed E-state index contributed by atoms with van der Waals surface area (Å²) in [5.41, 5.74) is 6.22. The lowest BCUT2D eigenvalue weighted by Crippen LogP contribution is -2.50. The molecule has 8 heteroatoms.